The molecular weight excluding hydrogens is 421 g/mol. The lowest BCUT2D eigenvalue weighted by Crippen LogP contribution is -2.59. The number of epoxide rings is 1. The summed E-state index contributed by atoms with van der Waals surface area (Å²) in [7, 11) is 1.84. The van der Waals surface area contributed by atoms with Gasteiger partial charge in [-0.15, -0.1) is 11.3 Å². The van der Waals surface area contributed by atoms with E-state index in [0.29, 0.717) is 23.9 Å². The number of hydrogen-bond donors (Lipinski definition) is 2. The Labute approximate surface area is 182 Å². The van der Waals surface area contributed by atoms with Gasteiger partial charge in [0.25, 0.3) is 11.8 Å². The Morgan fingerprint density at radius 1 is 1.35 bits per heavy atom. The van der Waals surface area contributed by atoms with Crippen molar-refractivity contribution in [3.05, 3.63) is 53.7 Å². The highest BCUT2D eigenvalue weighted by Gasteiger charge is 2.43. The van der Waals surface area contributed by atoms with E-state index in [1.165, 1.54) is 23.5 Å². The van der Waals surface area contributed by atoms with Crippen molar-refractivity contribution in [1.82, 2.24) is 19.9 Å². The summed E-state index contributed by atoms with van der Waals surface area (Å²) in [6.45, 7) is 2.20. The van der Waals surface area contributed by atoms with Crippen LogP contribution < -0.4 is 10.6 Å². The van der Waals surface area contributed by atoms with Gasteiger partial charge in [0.05, 0.1) is 18.6 Å². The van der Waals surface area contributed by atoms with Crippen molar-refractivity contribution in [3.63, 3.8) is 0 Å². The molecule has 2 N–H and O–H groups in total. The van der Waals surface area contributed by atoms with Gasteiger partial charge in [-0.05, 0) is 30.7 Å². The van der Waals surface area contributed by atoms with Crippen molar-refractivity contribution < 1.29 is 18.7 Å². The maximum Gasteiger partial charge on any atom is 0.252 e. The van der Waals surface area contributed by atoms with E-state index < -0.39 is 11.6 Å². The van der Waals surface area contributed by atoms with Gasteiger partial charge < -0.3 is 14.6 Å². The zero-order chi connectivity index (χ0) is 22.0. The number of halogens is 1. The summed E-state index contributed by atoms with van der Waals surface area (Å²) in [6.07, 6.45) is 3.43. The average molecular weight is 444 g/mol. The zero-order valence-electron chi connectivity index (χ0n) is 17.1. The van der Waals surface area contributed by atoms with Crippen LogP contribution in [-0.2, 0) is 27.8 Å². The number of imidazole rings is 1. The molecule has 31 heavy (non-hydrogen) atoms. The largest absolute Gasteiger partial charge is 0.363 e. The first-order chi connectivity index (χ1) is 14.9. The summed E-state index contributed by atoms with van der Waals surface area (Å²) in [6, 6.07) is 5.98. The van der Waals surface area contributed by atoms with E-state index in [2.05, 4.69) is 20.6 Å². The van der Waals surface area contributed by atoms with Crippen LogP contribution in [0.4, 0.5) is 9.52 Å². The second kappa shape index (κ2) is 8.56. The summed E-state index contributed by atoms with van der Waals surface area (Å²) in [5.74, 6) is -1.01. The smallest absolute Gasteiger partial charge is 0.252 e. The van der Waals surface area contributed by atoms with E-state index in [0.717, 1.165) is 11.3 Å². The van der Waals surface area contributed by atoms with Crippen molar-refractivity contribution in [1.29, 1.82) is 0 Å². The first-order valence-corrected chi connectivity index (χ1v) is 10.7. The van der Waals surface area contributed by atoms with Gasteiger partial charge in [-0.1, -0.05) is 6.92 Å². The van der Waals surface area contributed by atoms with Crippen LogP contribution in [0.25, 0.3) is 11.3 Å². The fraction of sp³-hybridized carbons (Fsp3) is 0.333. The number of nitrogens with zero attached hydrogens (tertiary/aromatic N) is 3. The Kier molecular flexibility index (Phi) is 5.84. The van der Waals surface area contributed by atoms with Gasteiger partial charge in [-0.3, -0.25) is 14.9 Å². The molecule has 1 fully saturated rings. The van der Waals surface area contributed by atoms with Crippen LogP contribution in [0.2, 0.25) is 0 Å². The quantitative estimate of drug-likeness (QED) is 0.521. The van der Waals surface area contributed by atoms with Gasteiger partial charge in [0, 0.05) is 36.3 Å². The molecule has 0 radical (unpaired) electrons. The van der Waals surface area contributed by atoms with Gasteiger partial charge >= 0.3 is 0 Å². The first-order valence-electron chi connectivity index (χ1n) is 9.82. The van der Waals surface area contributed by atoms with E-state index in [9.17, 15) is 14.0 Å². The van der Waals surface area contributed by atoms with Crippen LogP contribution in [0, 0.1) is 5.82 Å². The summed E-state index contributed by atoms with van der Waals surface area (Å²) in [5.41, 5.74) is 0.983. The van der Waals surface area contributed by atoms with Crippen molar-refractivity contribution in [2.75, 3.05) is 11.9 Å². The number of anilines is 1. The molecule has 0 bridgehead atoms. The Morgan fingerprint density at radius 3 is 2.71 bits per heavy atom. The number of aryl methyl sites for hydroxylation is 1. The molecule has 162 valence electrons. The summed E-state index contributed by atoms with van der Waals surface area (Å²) >= 11 is 1.26. The number of carbonyl (C=O) groups is 2. The van der Waals surface area contributed by atoms with Crippen molar-refractivity contribution in [2.45, 2.75) is 31.4 Å². The predicted octanol–water partition coefficient (Wildman–Crippen LogP) is 2.53. The lowest BCUT2D eigenvalue weighted by atomic mass is 9.88. The van der Waals surface area contributed by atoms with Gasteiger partial charge in [-0.25, -0.2) is 14.4 Å². The minimum absolute atomic E-state index is 0.264. The second-order valence-corrected chi connectivity index (χ2v) is 8.28. The molecule has 1 aliphatic heterocycles. The van der Waals surface area contributed by atoms with Gasteiger partial charge in [0.2, 0.25) is 0 Å². The Balaban J connectivity index is 1.57. The fourth-order valence-electron chi connectivity index (χ4n) is 3.24. The Morgan fingerprint density at radius 2 is 2.10 bits per heavy atom. The zero-order valence-corrected chi connectivity index (χ0v) is 17.9. The van der Waals surface area contributed by atoms with Crippen LogP contribution in [0.3, 0.4) is 0 Å². The average Bonchev–Trinajstić information content (AvgIpc) is 3.40. The molecule has 2 aromatic heterocycles. The van der Waals surface area contributed by atoms with E-state index >= 15 is 0 Å². The van der Waals surface area contributed by atoms with Gasteiger partial charge in [0.15, 0.2) is 11.2 Å². The molecule has 2 amide bonds. The molecule has 10 heteroatoms. The van der Waals surface area contributed by atoms with Crippen LogP contribution in [-0.4, -0.2) is 44.6 Å². The van der Waals surface area contributed by atoms with Crippen molar-refractivity contribution in [2.24, 2.45) is 7.05 Å². The lowest BCUT2D eigenvalue weighted by molar-refractivity contribution is -0.131. The van der Waals surface area contributed by atoms with E-state index in [1.54, 1.807) is 30.0 Å². The molecule has 1 saturated heterocycles. The third kappa shape index (κ3) is 4.64. The summed E-state index contributed by atoms with van der Waals surface area (Å²) < 4.78 is 20.1. The standard InChI is InChI=1S/C21H22FN5O3S/c1-3-21(26-18(28)17-10-30-17,8-15-9-23-12-27(15)2)19(29)25-20-24-16(11-31-20)13-4-6-14(22)7-5-13/h4-7,9,11-12,17H,3,8,10H2,1-2H3,(H,26,28)(H,24,25,29). The number of benzene rings is 1. The Hall–Kier alpha value is -3.11. The second-order valence-electron chi connectivity index (χ2n) is 7.42. The molecule has 3 aromatic rings. The van der Waals surface area contributed by atoms with E-state index in [4.69, 9.17) is 4.74 Å². The highest BCUT2D eigenvalue weighted by atomic mass is 32.1. The Bertz CT molecular complexity index is 1090. The number of nitrogens with one attached hydrogen (secondary N) is 2. The molecule has 3 heterocycles. The summed E-state index contributed by atoms with van der Waals surface area (Å²) in [5, 5.41) is 7.91. The van der Waals surface area contributed by atoms with Crippen LogP contribution in [0.15, 0.2) is 42.2 Å². The molecule has 0 saturated carbocycles. The van der Waals surface area contributed by atoms with E-state index in [-0.39, 0.29) is 24.1 Å². The molecule has 2 atom stereocenters. The molecular formula is C21H22FN5O3S. The third-order valence-corrected chi connectivity index (χ3v) is 6.05. The molecule has 1 aromatic carbocycles. The SMILES string of the molecule is CCC(Cc1cncn1C)(NC(=O)C1CO1)C(=O)Nc1nc(-c2ccc(F)cc2)cs1. The first kappa shape index (κ1) is 21.1. The summed E-state index contributed by atoms with van der Waals surface area (Å²) in [4.78, 5) is 34.4. The maximum atomic E-state index is 13.4. The van der Waals surface area contributed by atoms with Crippen LogP contribution in [0.5, 0.6) is 0 Å². The minimum Gasteiger partial charge on any atom is -0.363 e. The number of ether oxygens (including phenoxy) is 1. The highest BCUT2D eigenvalue weighted by Crippen LogP contribution is 2.27. The normalized spacial score (nSPS) is 17.1. The highest BCUT2D eigenvalue weighted by molar-refractivity contribution is 7.14. The van der Waals surface area contributed by atoms with Crippen molar-refractivity contribution in [3.8, 4) is 11.3 Å². The predicted molar refractivity (Wildman–Crippen MR) is 114 cm³/mol. The molecule has 0 aliphatic carbocycles. The monoisotopic (exact) mass is 443 g/mol. The number of rotatable bonds is 8. The number of thiazole rings is 1. The molecule has 2 unspecified atom stereocenters. The third-order valence-electron chi connectivity index (χ3n) is 5.29. The van der Waals surface area contributed by atoms with Crippen molar-refractivity contribution >= 4 is 28.3 Å². The molecule has 8 nitrogen and oxygen atoms in total. The number of hydrogen-bond acceptors (Lipinski definition) is 6. The fourth-order valence-corrected chi connectivity index (χ4v) is 3.95. The molecule has 4 rings (SSSR count). The van der Waals surface area contributed by atoms with E-state index in [1.807, 2.05) is 18.5 Å². The van der Waals surface area contributed by atoms with Gasteiger partial charge in [0.1, 0.15) is 11.4 Å². The lowest BCUT2D eigenvalue weighted by Gasteiger charge is -2.32. The maximum absolute atomic E-state index is 13.4. The number of carbonyl (C=O) groups excluding carboxylic acids is 2. The minimum atomic E-state index is -1.20. The number of aromatic nitrogens is 3. The molecule has 1 aliphatic rings. The molecule has 0 spiro atoms. The van der Waals surface area contributed by atoms with Crippen LogP contribution >= 0.6 is 11.3 Å². The van der Waals surface area contributed by atoms with Crippen LogP contribution in [0.1, 0.15) is 19.0 Å². The van der Waals surface area contributed by atoms with Gasteiger partial charge in [-0.2, -0.15) is 0 Å². The number of amides is 2. The topological polar surface area (TPSA) is 101 Å².